The van der Waals surface area contributed by atoms with Crippen molar-refractivity contribution in [3.63, 3.8) is 0 Å². The molecule has 0 atom stereocenters. The third-order valence-electron chi connectivity index (χ3n) is 1.95. The van der Waals surface area contributed by atoms with E-state index in [-0.39, 0.29) is 23.0 Å². The minimum Gasteiger partial charge on any atom is -0.478 e. The molecule has 1 rings (SSSR count). The fourth-order valence-electron chi connectivity index (χ4n) is 1.19. The lowest BCUT2D eigenvalue weighted by atomic mass is 10.2. The van der Waals surface area contributed by atoms with Crippen LogP contribution in [0.15, 0.2) is 12.1 Å². The molecule has 0 aromatic carbocycles. The Hall–Kier alpha value is -1.82. The van der Waals surface area contributed by atoms with Crippen LogP contribution in [0.1, 0.15) is 23.2 Å². The lowest BCUT2D eigenvalue weighted by Crippen LogP contribution is -2.13. The number of primary amides is 1. The number of anilines is 1. The molecule has 0 bridgehead atoms. The van der Waals surface area contributed by atoms with Crippen LogP contribution < -0.4 is 11.1 Å². The van der Waals surface area contributed by atoms with E-state index in [1.54, 1.807) is 0 Å². The van der Waals surface area contributed by atoms with Crippen LogP contribution >= 0.6 is 11.6 Å². The van der Waals surface area contributed by atoms with Crippen molar-refractivity contribution in [2.45, 2.75) is 12.8 Å². The summed E-state index contributed by atoms with van der Waals surface area (Å²) in [6, 6.07) is 2.64. The average molecular weight is 258 g/mol. The third kappa shape index (κ3) is 4.69. The van der Waals surface area contributed by atoms with Gasteiger partial charge in [-0.1, -0.05) is 11.6 Å². The molecular weight excluding hydrogens is 246 g/mol. The van der Waals surface area contributed by atoms with E-state index in [0.717, 1.165) is 0 Å². The molecule has 0 aliphatic carbocycles. The molecule has 1 heterocycles. The quantitative estimate of drug-likeness (QED) is 0.523. The minimum absolute atomic E-state index is 0.0578. The van der Waals surface area contributed by atoms with Gasteiger partial charge in [0.05, 0.1) is 5.56 Å². The highest BCUT2D eigenvalue weighted by Gasteiger charge is 2.07. The van der Waals surface area contributed by atoms with Gasteiger partial charge in [-0.3, -0.25) is 4.79 Å². The van der Waals surface area contributed by atoms with Gasteiger partial charge >= 0.3 is 5.97 Å². The van der Waals surface area contributed by atoms with E-state index in [9.17, 15) is 9.59 Å². The summed E-state index contributed by atoms with van der Waals surface area (Å²) in [4.78, 5) is 25.1. The second-order valence-corrected chi connectivity index (χ2v) is 3.75. The molecule has 0 unspecified atom stereocenters. The maximum atomic E-state index is 10.7. The first-order chi connectivity index (χ1) is 7.99. The monoisotopic (exact) mass is 257 g/mol. The number of aromatic nitrogens is 1. The number of hydrogen-bond acceptors (Lipinski definition) is 4. The van der Waals surface area contributed by atoms with Crippen molar-refractivity contribution in [3.8, 4) is 0 Å². The predicted octanol–water partition coefficient (Wildman–Crippen LogP) is 1.11. The van der Waals surface area contributed by atoms with Gasteiger partial charge in [0.15, 0.2) is 0 Å². The summed E-state index contributed by atoms with van der Waals surface area (Å²) in [7, 11) is 0. The highest BCUT2D eigenvalue weighted by Crippen LogP contribution is 2.14. The fraction of sp³-hybridized carbons (Fsp3) is 0.300. The Morgan fingerprint density at radius 3 is 2.76 bits per heavy atom. The number of carbonyl (C=O) groups is 2. The van der Waals surface area contributed by atoms with E-state index in [1.807, 2.05) is 0 Å². The topological polar surface area (TPSA) is 105 Å². The summed E-state index contributed by atoms with van der Waals surface area (Å²) in [5.74, 6) is -1.09. The molecule has 92 valence electrons. The number of amides is 1. The first kappa shape index (κ1) is 13.2. The Morgan fingerprint density at radius 1 is 1.47 bits per heavy atom. The highest BCUT2D eigenvalue weighted by molar-refractivity contribution is 6.29. The van der Waals surface area contributed by atoms with Crippen LogP contribution in [0.25, 0.3) is 0 Å². The van der Waals surface area contributed by atoms with E-state index in [4.69, 9.17) is 22.4 Å². The van der Waals surface area contributed by atoms with Gasteiger partial charge in [0, 0.05) is 13.0 Å². The number of pyridine rings is 1. The fourth-order valence-corrected chi connectivity index (χ4v) is 1.40. The molecule has 0 saturated carbocycles. The molecule has 7 heteroatoms. The molecule has 0 spiro atoms. The maximum Gasteiger partial charge on any atom is 0.335 e. The van der Waals surface area contributed by atoms with E-state index < -0.39 is 5.97 Å². The van der Waals surface area contributed by atoms with Crippen LogP contribution in [-0.2, 0) is 4.79 Å². The van der Waals surface area contributed by atoms with Crippen LogP contribution in [0, 0.1) is 0 Å². The molecule has 4 N–H and O–H groups in total. The van der Waals surface area contributed by atoms with Crippen LogP contribution in [-0.4, -0.2) is 28.5 Å². The lowest BCUT2D eigenvalue weighted by molar-refractivity contribution is -0.118. The van der Waals surface area contributed by atoms with E-state index >= 15 is 0 Å². The van der Waals surface area contributed by atoms with Gasteiger partial charge in [0.1, 0.15) is 11.0 Å². The number of carbonyl (C=O) groups excluding carboxylic acids is 1. The molecule has 1 aromatic rings. The Morgan fingerprint density at radius 2 is 2.18 bits per heavy atom. The molecular formula is C10H12ClN3O3. The van der Waals surface area contributed by atoms with Gasteiger partial charge in [-0.2, -0.15) is 0 Å². The van der Waals surface area contributed by atoms with Crippen LogP contribution in [0.3, 0.4) is 0 Å². The molecule has 17 heavy (non-hydrogen) atoms. The van der Waals surface area contributed by atoms with Crippen molar-refractivity contribution in [1.82, 2.24) is 4.98 Å². The van der Waals surface area contributed by atoms with Crippen molar-refractivity contribution in [2.75, 3.05) is 11.9 Å². The van der Waals surface area contributed by atoms with E-state index in [0.29, 0.717) is 18.8 Å². The first-order valence-corrected chi connectivity index (χ1v) is 5.30. The molecule has 0 aliphatic rings. The van der Waals surface area contributed by atoms with Gasteiger partial charge in [0.2, 0.25) is 5.91 Å². The van der Waals surface area contributed by atoms with Crippen LogP contribution in [0.5, 0.6) is 0 Å². The highest BCUT2D eigenvalue weighted by atomic mass is 35.5. The van der Waals surface area contributed by atoms with Crippen molar-refractivity contribution >= 4 is 29.3 Å². The number of aromatic carboxylic acids is 1. The predicted molar refractivity (Wildman–Crippen MR) is 63.1 cm³/mol. The zero-order valence-electron chi connectivity index (χ0n) is 8.94. The molecule has 1 amide bonds. The minimum atomic E-state index is -1.07. The number of nitrogens with zero attached hydrogens (tertiary/aromatic N) is 1. The zero-order valence-corrected chi connectivity index (χ0v) is 9.70. The van der Waals surface area contributed by atoms with Gasteiger partial charge < -0.3 is 16.2 Å². The second-order valence-electron chi connectivity index (χ2n) is 3.37. The summed E-state index contributed by atoms with van der Waals surface area (Å²) in [6.07, 6.45) is 0.811. The molecule has 0 aliphatic heterocycles. The van der Waals surface area contributed by atoms with Crippen molar-refractivity contribution < 1.29 is 14.7 Å². The Labute approximate surface area is 103 Å². The summed E-state index contributed by atoms with van der Waals surface area (Å²) < 4.78 is 0. The maximum absolute atomic E-state index is 10.7. The molecule has 0 saturated heterocycles. The lowest BCUT2D eigenvalue weighted by Gasteiger charge is -2.06. The van der Waals surface area contributed by atoms with Gasteiger partial charge in [-0.25, -0.2) is 9.78 Å². The van der Waals surface area contributed by atoms with Gasteiger partial charge in [-0.05, 0) is 18.6 Å². The van der Waals surface area contributed by atoms with Crippen LogP contribution in [0.2, 0.25) is 5.15 Å². The number of nitrogens with one attached hydrogen (secondary N) is 1. The number of hydrogen-bond donors (Lipinski definition) is 3. The number of rotatable bonds is 6. The molecule has 1 aromatic heterocycles. The Kier molecular flexibility index (Phi) is 4.71. The molecule has 0 fully saturated rings. The number of carboxylic acid groups (broad SMARTS) is 1. The standard InChI is InChI=1S/C10H12ClN3O3/c11-7-4-6(10(16)17)5-9(14-7)13-3-1-2-8(12)15/h4-5H,1-3H2,(H2,12,15)(H,13,14)(H,16,17). The zero-order chi connectivity index (χ0) is 12.8. The van der Waals surface area contributed by atoms with E-state index in [1.165, 1.54) is 12.1 Å². The first-order valence-electron chi connectivity index (χ1n) is 4.92. The van der Waals surface area contributed by atoms with Crippen molar-refractivity contribution in [1.29, 1.82) is 0 Å². The van der Waals surface area contributed by atoms with Gasteiger partial charge in [-0.15, -0.1) is 0 Å². The average Bonchev–Trinajstić information content (AvgIpc) is 2.23. The summed E-state index contributed by atoms with van der Waals surface area (Å²) in [5, 5.41) is 11.8. The summed E-state index contributed by atoms with van der Waals surface area (Å²) in [6.45, 7) is 0.468. The van der Waals surface area contributed by atoms with Crippen molar-refractivity contribution in [2.24, 2.45) is 5.73 Å². The normalized spacial score (nSPS) is 9.94. The smallest absolute Gasteiger partial charge is 0.335 e. The number of nitrogens with two attached hydrogens (primary N) is 1. The van der Waals surface area contributed by atoms with Crippen molar-refractivity contribution in [3.05, 3.63) is 22.8 Å². The summed E-state index contributed by atoms with van der Waals surface area (Å²) in [5.41, 5.74) is 5.04. The molecule has 6 nitrogen and oxygen atoms in total. The van der Waals surface area contributed by atoms with Crippen LogP contribution in [0.4, 0.5) is 5.82 Å². The molecule has 0 radical (unpaired) electrons. The second kappa shape index (κ2) is 6.05. The number of halogens is 1. The Balaban J connectivity index is 2.59. The third-order valence-corrected chi connectivity index (χ3v) is 2.14. The van der Waals surface area contributed by atoms with Gasteiger partial charge in [0.25, 0.3) is 0 Å². The van der Waals surface area contributed by atoms with E-state index in [2.05, 4.69) is 10.3 Å². The largest absolute Gasteiger partial charge is 0.478 e. The Bertz CT molecular complexity index is 437. The SMILES string of the molecule is NC(=O)CCCNc1cc(C(=O)O)cc(Cl)n1. The summed E-state index contributed by atoms with van der Waals surface area (Å²) >= 11 is 5.67. The number of carboxylic acids is 1.